The maximum Gasteiger partial charge on any atom is 0.197 e. The molecule has 1 aliphatic rings. The van der Waals surface area contributed by atoms with Gasteiger partial charge < -0.3 is 4.74 Å². The number of rotatable bonds is 4. The molecule has 5 nitrogen and oxygen atoms in total. The van der Waals surface area contributed by atoms with Crippen molar-refractivity contribution in [3.63, 3.8) is 0 Å². The molecule has 0 N–H and O–H groups in total. The summed E-state index contributed by atoms with van der Waals surface area (Å²) in [5, 5.41) is 0. The number of aromatic nitrogens is 4. The third-order valence-corrected chi connectivity index (χ3v) is 4.25. The summed E-state index contributed by atoms with van der Waals surface area (Å²) in [7, 11) is 1.56. The van der Waals surface area contributed by atoms with Crippen LogP contribution in [-0.2, 0) is 0 Å². The van der Waals surface area contributed by atoms with E-state index in [1.807, 2.05) is 12.4 Å². The Balaban J connectivity index is 1.55. The van der Waals surface area contributed by atoms with Gasteiger partial charge in [-0.2, -0.15) is 0 Å². The monoisotopic (exact) mass is 322 g/mol. The molecule has 2 heterocycles. The largest absolute Gasteiger partial charge is 0.496 e. The van der Waals surface area contributed by atoms with Gasteiger partial charge in [-0.3, -0.25) is 0 Å². The molecular formula is C18H15FN4O. The minimum absolute atomic E-state index is 0.289. The Morgan fingerprint density at radius 3 is 2.42 bits per heavy atom. The molecule has 0 bridgehead atoms. The van der Waals surface area contributed by atoms with Gasteiger partial charge in [-0.1, -0.05) is 6.07 Å². The molecule has 3 aromatic rings. The Labute approximate surface area is 138 Å². The highest BCUT2D eigenvalue weighted by molar-refractivity contribution is 5.45. The molecule has 1 aromatic carbocycles. The van der Waals surface area contributed by atoms with E-state index < -0.39 is 0 Å². The lowest BCUT2D eigenvalue weighted by Crippen LogP contribution is -1.96. The minimum atomic E-state index is -0.289. The Hall–Kier alpha value is -2.89. The fraction of sp³-hybridized carbons (Fsp3) is 0.222. The number of hydrogen-bond donors (Lipinski definition) is 0. The molecule has 1 aliphatic carbocycles. The van der Waals surface area contributed by atoms with E-state index in [-0.39, 0.29) is 5.82 Å². The third kappa shape index (κ3) is 2.71. The van der Waals surface area contributed by atoms with Crippen LogP contribution in [0.2, 0.25) is 0 Å². The Morgan fingerprint density at radius 1 is 1.00 bits per heavy atom. The summed E-state index contributed by atoms with van der Waals surface area (Å²) in [6, 6.07) is 6.45. The summed E-state index contributed by atoms with van der Waals surface area (Å²) in [5.74, 6) is 1.96. The van der Waals surface area contributed by atoms with Crippen LogP contribution < -0.4 is 4.74 Å². The number of halogens is 1. The van der Waals surface area contributed by atoms with Gasteiger partial charge in [0.05, 0.1) is 7.11 Å². The second-order valence-corrected chi connectivity index (χ2v) is 5.75. The van der Waals surface area contributed by atoms with E-state index in [1.165, 1.54) is 12.1 Å². The highest BCUT2D eigenvalue weighted by atomic mass is 19.1. The highest BCUT2D eigenvalue weighted by Gasteiger charge is 2.41. The lowest BCUT2D eigenvalue weighted by atomic mass is 10.1. The summed E-state index contributed by atoms with van der Waals surface area (Å²) in [5.41, 5.74) is 2.09. The first kappa shape index (κ1) is 14.7. The molecule has 0 saturated heterocycles. The van der Waals surface area contributed by atoms with Crippen LogP contribution in [0.1, 0.15) is 29.4 Å². The first-order valence-corrected chi connectivity index (χ1v) is 7.69. The third-order valence-electron chi connectivity index (χ3n) is 4.25. The zero-order valence-corrected chi connectivity index (χ0v) is 13.1. The maximum absolute atomic E-state index is 13.3. The van der Waals surface area contributed by atoms with Gasteiger partial charge in [0.2, 0.25) is 0 Å². The van der Waals surface area contributed by atoms with Crippen molar-refractivity contribution in [1.82, 2.24) is 19.9 Å². The molecule has 0 unspecified atom stereocenters. The van der Waals surface area contributed by atoms with Crippen molar-refractivity contribution in [2.75, 3.05) is 7.11 Å². The van der Waals surface area contributed by atoms with Crippen molar-refractivity contribution in [3.8, 4) is 17.4 Å². The number of ether oxygens (including phenoxy) is 1. The summed E-state index contributed by atoms with van der Waals surface area (Å²) < 4.78 is 18.6. The van der Waals surface area contributed by atoms with Gasteiger partial charge in [-0.25, -0.2) is 24.3 Å². The van der Waals surface area contributed by atoms with Crippen molar-refractivity contribution in [1.29, 1.82) is 0 Å². The second-order valence-electron chi connectivity index (χ2n) is 5.75. The van der Waals surface area contributed by atoms with Crippen LogP contribution in [0.25, 0.3) is 11.6 Å². The van der Waals surface area contributed by atoms with Crippen molar-refractivity contribution in [2.45, 2.75) is 18.3 Å². The first-order valence-electron chi connectivity index (χ1n) is 7.69. The SMILES string of the molecule is COc1cc(F)ccc1[C@H]1C[C@H]1c1cnc(-c2ncccn2)nc1. The van der Waals surface area contributed by atoms with Crippen molar-refractivity contribution < 1.29 is 9.13 Å². The molecule has 2 atom stereocenters. The van der Waals surface area contributed by atoms with Crippen LogP contribution in [0.15, 0.2) is 49.1 Å². The first-order chi connectivity index (χ1) is 11.8. The molecular weight excluding hydrogens is 307 g/mol. The molecule has 4 rings (SSSR count). The average molecular weight is 322 g/mol. The zero-order valence-electron chi connectivity index (χ0n) is 13.1. The van der Waals surface area contributed by atoms with E-state index in [4.69, 9.17) is 4.74 Å². The smallest absolute Gasteiger partial charge is 0.197 e. The van der Waals surface area contributed by atoms with Gasteiger partial charge in [0.1, 0.15) is 11.6 Å². The van der Waals surface area contributed by atoms with E-state index in [2.05, 4.69) is 19.9 Å². The van der Waals surface area contributed by atoms with Gasteiger partial charge in [-0.15, -0.1) is 0 Å². The highest BCUT2D eigenvalue weighted by Crippen LogP contribution is 2.56. The number of benzene rings is 1. The summed E-state index contributed by atoms with van der Waals surface area (Å²) in [4.78, 5) is 17.0. The van der Waals surface area contributed by atoms with Crippen molar-refractivity contribution in [2.24, 2.45) is 0 Å². The van der Waals surface area contributed by atoms with Gasteiger partial charge in [0, 0.05) is 30.9 Å². The lowest BCUT2D eigenvalue weighted by Gasteiger charge is -2.08. The zero-order chi connectivity index (χ0) is 16.5. The van der Waals surface area contributed by atoms with E-state index in [1.54, 1.807) is 31.6 Å². The topological polar surface area (TPSA) is 60.8 Å². The van der Waals surface area contributed by atoms with E-state index in [0.717, 1.165) is 17.5 Å². The van der Waals surface area contributed by atoms with Crippen LogP contribution in [0, 0.1) is 5.82 Å². The molecule has 0 aliphatic heterocycles. The molecule has 1 saturated carbocycles. The van der Waals surface area contributed by atoms with Crippen molar-refractivity contribution >= 4 is 0 Å². The van der Waals surface area contributed by atoms with E-state index in [9.17, 15) is 4.39 Å². The fourth-order valence-electron chi connectivity index (χ4n) is 2.96. The minimum Gasteiger partial charge on any atom is -0.496 e. The number of nitrogens with zero attached hydrogens (tertiary/aromatic N) is 4. The summed E-state index contributed by atoms with van der Waals surface area (Å²) >= 11 is 0. The molecule has 1 fully saturated rings. The van der Waals surface area contributed by atoms with Crippen LogP contribution in [0.3, 0.4) is 0 Å². The standard InChI is InChI=1S/C18H15FN4O/c1-24-16-7-12(19)3-4-13(16)15-8-14(15)11-9-22-18(23-10-11)17-20-5-2-6-21-17/h2-7,9-10,14-15H,8H2,1H3/t14-,15+/m0/s1. The predicted octanol–water partition coefficient (Wildman–Crippen LogP) is 3.35. The van der Waals surface area contributed by atoms with Crippen molar-refractivity contribution in [3.05, 3.63) is 66.0 Å². The van der Waals surface area contributed by atoms with Gasteiger partial charge in [0.25, 0.3) is 0 Å². The Morgan fingerprint density at radius 2 is 1.71 bits per heavy atom. The molecule has 0 amide bonds. The van der Waals surface area contributed by atoms with Crippen LogP contribution in [-0.4, -0.2) is 27.0 Å². The lowest BCUT2D eigenvalue weighted by molar-refractivity contribution is 0.406. The Bertz CT molecular complexity index is 855. The number of hydrogen-bond acceptors (Lipinski definition) is 5. The average Bonchev–Trinajstić information content (AvgIpc) is 3.43. The molecule has 120 valence electrons. The molecule has 0 radical (unpaired) electrons. The fourth-order valence-corrected chi connectivity index (χ4v) is 2.96. The molecule has 24 heavy (non-hydrogen) atoms. The molecule has 2 aromatic heterocycles. The summed E-state index contributed by atoms with van der Waals surface area (Å²) in [6.45, 7) is 0. The Kier molecular flexibility index (Phi) is 3.65. The van der Waals surface area contributed by atoms with Gasteiger partial charge in [0.15, 0.2) is 11.6 Å². The van der Waals surface area contributed by atoms with Gasteiger partial charge >= 0.3 is 0 Å². The van der Waals surface area contributed by atoms with Crippen LogP contribution in [0.5, 0.6) is 5.75 Å². The predicted molar refractivity (Wildman–Crippen MR) is 86.1 cm³/mol. The summed E-state index contributed by atoms with van der Waals surface area (Å²) in [6.07, 6.45) is 7.94. The normalized spacial score (nSPS) is 19.1. The number of methoxy groups -OCH3 is 1. The van der Waals surface area contributed by atoms with E-state index in [0.29, 0.717) is 29.2 Å². The molecule has 0 spiro atoms. The van der Waals surface area contributed by atoms with Crippen LogP contribution >= 0.6 is 0 Å². The van der Waals surface area contributed by atoms with Gasteiger partial charge in [-0.05, 0) is 41.5 Å². The van der Waals surface area contributed by atoms with Crippen LogP contribution in [0.4, 0.5) is 4.39 Å². The molecule has 6 heteroatoms. The quantitative estimate of drug-likeness (QED) is 0.737. The maximum atomic E-state index is 13.3. The second kappa shape index (κ2) is 5.96. The van der Waals surface area contributed by atoms with E-state index >= 15 is 0 Å².